The minimum absolute atomic E-state index is 0. The quantitative estimate of drug-likeness (QED) is 0.793. The Morgan fingerprint density at radius 1 is 1.00 bits per heavy atom. The van der Waals surface area contributed by atoms with E-state index in [9.17, 15) is 0 Å². The van der Waals surface area contributed by atoms with Gasteiger partial charge >= 0.3 is 0 Å². The third kappa shape index (κ3) is 1.82. The van der Waals surface area contributed by atoms with E-state index in [-0.39, 0.29) is 24.6 Å². The summed E-state index contributed by atoms with van der Waals surface area (Å²) in [6, 6.07) is 3.43. The molecule has 3 rings (SSSR count). The molecule has 0 aromatic heterocycles. The van der Waals surface area contributed by atoms with E-state index in [1.165, 1.54) is 0 Å². The maximum Gasteiger partial charge on any atom is 0.182 e. The zero-order chi connectivity index (χ0) is 10.4. The van der Waals surface area contributed by atoms with Crippen molar-refractivity contribution in [1.82, 2.24) is 5.32 Å². The van der Waals surface area contributed by atoms with Crippen LogP contribution in [0, 0.1) is 0 Å². The second-order valence-electron chi connectivity index (χ2n) is 3.66. The second kappa shape index (κ2) is 4.49. The third-order valence-corrected chi connectivity index (χ3v) is 3.26. The predicted molar refractivity (Wildman–Crippen MR) is 65.4 cm³/mol. The average molecular weight is 283 g/mol. The molecule has 1 aromatic rings. The van der Waals surface area contributed by atoms with Gasteiger partial charge in [-0.05, 0) is 12.1 Å². The summed E-state index contributed by atoms with van der Waals surface area (Å²) in [5.74, 6) is 1.13. The van der Waals surface area contributed by atoms with Gasteiger partial charge in [-0.25, -0.2) is 0 Å². The summed E-state index contributed by atoms with van der Waals surface area (Å²) in [6.45, 7) is 1.57. The number of hydrogen-bond donors (Lipinski definition) is 1. The van der Waals surface area contributed by atoms with Crippen LogP contribution in [0.4, 0.5) is 0 Å². The van der Waals surface area contributed by atoms with E-state index < -0.39 is 0 Å². The fourth-order valence-corrected chi connectivity index (χ4v) is 2.29. The normalized spacial score (nSPS) is 25.9. The highest BCUT2D eigenvalue weighted by atomic mass is 35.5. The maximum absolute atomic E-state index is 6.02. The number of fused-ring (bicyclic) bond motifs is 2. The van der Waals surface area contributed by atoms with Crippen LogP contribution in [0.25, 0.3) is 0 Å². The molecule has 2 aliphatic heterocycles. The maximum atomic E-state index is 6.02. The van der Waals surface area contributed by atoms with Crippen LogP contribution in [-0.4, -0.2) is 25.3 Å². The largest absolute Gasteiger partial charge is 0.480 e. The lowest BCUT2D eigenvalue weighted by Crippen LogP contribution is -2.38. The first-order chi connectivity index (χ1) is 7.25. The molecule has 3 nitrogen and oxygen atoms in total. The van der Waals surface area contributed by atoms with Crippen molar-refractivity contribution in [2.24, 2.45) is 0 Å². The van der Waals surface area contributed by atoms with E-state index in [0.29, 0.717) is 21.5 Å². The molecule has 6 heteroatoms. The molecule has 88 valence electrons. The SMILES string of the molecule is Cl.Clc1ccc(Cl)c2c1OC1CNCC1O2. The van der Waals surface area contributed by atoms with Crippen LogP contribution in [0.15, 0.2) is 12.1 Å². The van der Waals surface area contributed by atoms with Crippen molar-refractivity contribution in [3.63, 3.8) is 0 Å². The van der Waals surface area contributed by atoms with E-state index >= 15 is 0 Å². The van der Waals surface area contributed by atoms with E-state index in [0.717, 1.165) is 13.1 Å². The molecule has 0 aliphatic carbocycles. The summed E-state index contributed by atoms with van der Waals surface area (Å²) in [7, 11) is 0. The Kier molecular flexibility index (Phi) is 3.40. The van der Waals surface area contributed by atoms with Gasteiger partial charge in [0.2, 0.25) is 0 Å². The topological polar surface area (TPSA) is 30.5 Å². The van der Waals surface area contributed by atoms with Crippen LogP contribution in [-0.2, 0) is 0 Å². The highest BCUT2D eigenvalue weighted by Gasteiger charge is 2.37. The third-order valence-electron chi connectivity index (χ3n) is 2.66. The van der Waals surface area contributed by atoms with E-state index in [2.05, 4.69) is 5.32 Å². The predicted octanol–water partition coefficient (Wildman–Crippen LogP) is 2.53. The number of ether oxygens (including phenoxy) is 2. The first-order valence-corrected chi connectivity index (χ1v) is 5.53. The van der Waals surface area contributed by atoms with Crippen molar-refractivity contribution in [3.8, 4) is 11.5 Å². The summed E-state index contributed by atoms with van der Waals surface area (Å²) in [4.78, 5) is 0. The molecule has 1 fully saturated rings. The molecule has 0 amide bonds. The summed E-state index contributed by atoms with van der Waals surface area (Å²) in [6.07, 6.45) is 0.0712. The molecule has 0 spiro atoms. The Labute approximate surface area is 109 Å². The molecule has 0 radical (unpaired) electrons. The fraction of sp³-hybridized carbons (Fsp3) is 0.400. The number of hydrogen-bond acceptors (Lipinski definition) is 3. The van der Waals surface area contributed by atoms with Crippen LogP contribution >= 0.6 is 35.6 Å². The Morgan fingerprint density at radius 3 is 1.88 bits per heavy atom. The number of benzene rings is 1. The highest BCUT2D eigenvalue weighted by molar-refractivity contribution is 6.35. The van der Waals surface area contributed by atoms with Gasteiger partial charge in [0, 0.05) is 13.1 Å². The van der Waals surface area contributed by atoms with Crippen LogP contribution < -0.4 is 14.8 Å². The molecule has 0 bridgehead atoms. The number of halogens is 3. The molecular weight excluding hydrogens is 272 g/mol. The molecule has 1 saturated heterocycles. The van der Waals surface area contributed by atoms with Crippen molar-refractivity contribution in [1.29, 1.82) is 0 Å². The lowest BCUT2D eigenvalue weighted by atomic mass is 10.2. The monoisotopic (exact) mass is 281 g/mol. The number of nitrogens with one attached hydrogen (secondary N) is 1. The Bertz CT molecular complexity index is 376. The van der Waals surface area contributed by atoms with Gasteiger partial charge < -0.3 is 14.8 Å². The molecule has 1 aromatic carbocycles. The molecule has 0 saturated carbocycles. The van der Waals surface area contributed by atoms with Gasteiger partial charge in [0.15, 0.2) is 11.5 Å². The molecular formula is C10H10Cl3NO2. The molecule has 2 atom stereocenters. The van der Waals surface area contributed by atoms with Gasteiger partial charge in [-0.15, -0.1) is 12.4 Å². The fourth-order valence-electron chi connectivity index (χ4n) is 1.90. The average Bonchev–Trinajstić information content (AvgIpc) is 2.69. The van der Waals surface area contributed by atoms with Gasteiger partial charge in [-0.3, -0.25) is 0 Å². The molecule has 1 N–H and O–H groups in total. The molecule has 2 aliphatic rings. The van der Waals surface area contributed by atoms with Crippen LogP contribution in [0.5, 0.6) is 11.5 Å². The highest BCUT2D eigenvalue weighted by Crippen LogP contribution is 2.45. The van der Waals surface area contributed by atoms with Gasteiger partial charge in [-0.2, -0.15) is 0 Å². The lowest BCUT2D eigenvalue weighted by Gasteiger charge is -2.29. The van der Waals surface area contributed by atoms with Crippen LogP contribution in [0.2, 0.25) is 10.0 Å². The van der Waals surface area contributed by atoms with Crippen molar-refractivity contribution in [3.05, 3.63) is 22.2 Å². The van der Waals surface area contributed by atoms with Crippen molar-refractivity contribution < 1.29 is 9.47 Å². The first-order valence-electron chi connectivity index (χ1n) is 4.78. The zero-order valence-corrected chi connectivity index (χ0v) is 10.5. The lowest BCUT2D eigenvalue weighted by molar-refractivity contribution is 0.0555. The Hall–Kier alpha value is -0.350. The summed E-state index contributed by atoms with van der Waals surface area (Å²) < 4.78 is 11.5. The second-order valence-corrected chi connectivity index (χ2v) is 4.47. The Morgan fingerprint density at radius 2 is 1.44 bits per heavy atom. The molecule has 2 heterocycles. The van der Waals surface area contributed by atoms with Crippen LogP contribution in [0.1, 0.15) is 0 Å². The van der Waals surface area contributed by atoms with E-state index in [1.54, 1.807) is 12.1 Å². The molecule has 16 heavy (non-hydrogen) atoms. The van der Waals surface area contributed by atoms with Crippen molar-refractivity contribution in [2.75, 3.05) is 13.1 Å². The van der Waals surface area contributed by atoms with E-state index in [4.69, 9.17) is 32.7 Å². The first kappa shape index (κ1) is 12.1. The summed E-state index contributed by atoms with van der Waals surface area (Å²) in [5, 5.41) is 4.28. The standard InChI is InChI=1S/C10H9Cl2NO2.ClH/c11-5-1-2-6(12)10-9(5)14-7-3-13-4-8(7)15-10;/h1-2,7-8,13H,3-4H2;1H. The summed E-state index contributed by atoms with van der Waals surface area (Å²) >= 11 is 12.0. The van der Waals surface area contributed by atoms with Crippen LogP contribution in [0.3, 0.4) is 0 Å². The van der Waals surface area contributed by atoms with Gasteiger partial charge in [-0.1, -0.05) is 23.2 Å². The Balaban J connectivity index is 0.000000963. The summed E-state index contributed by atoms with van der Waals surface area (Å²) in [5.41, 5.74) is 0. The van der Waals surface area contributed by atoms with Gasteiger partial charge in [0.25, 0.3) is 0 Å². The van der Waals surface area contributed by atoms with E-state index in [1.807, 2.05) is 0 Å². The molecule has 2 unspecified atom stereocenters. The van der Waals surface area contributed by atoms with Gasteiger partial charge in [0.1, 0.15) is 12.2 Å². The van der Waals surface area contributed by atoms with Gasteiger partial charge in [0.05, 0.1) is 10.0 Å². The minimum Gasteiger partial charge on any atom is -0.480 e. The van der Waals surface area contributed by atoms with Crippen molar-refractivity contribution >= 4 is 35.6 Å². The van der Waals surface area contributed by atoms with Crippen molar-refractivity contribution in [2.45, 2.75) is 12.2 Å². The minimum atomic E-state index is 0. The zero-order valence-electron chi connectivity index (χ0n) is 8.20. The number of rotatable bonds is 0. The smallest absolute Gasteiger partial charge is 0.182 e.